The van der Waals surface area contributed by atoms with Crippen LogP contribution in [0.3, 0.4) is 0 Å². The summed E-state index contributed by atoms with van der Waals surface area (Å²) < 4.78 is 5.21. The summed E-state index contributed by atoms with van der Waals surface area (Å²) in [6, 6.07) is 12.8. The summed E-state index contributed by atoms with van der Waals surface area (Å²) in [7, 11) is 5.07. The molecule has 1 fully saturated rings. The highest BCUT2D eigenvalue weighted by Crippen LogP contribution is 2.41. The van der Waals surface area contributed by atoms with Crippen LogP contribution in [-0.2, 0) is 0 Å². The zero-order valence-corrected chi connectivity index (χ0v) is 16.8. The maximum atomic E-state index is 12.6. The molecule has 0 radical (unpaired) electrons. The van der Waals surface area contributed by atoms with Gasteiger partial charge >= 0.3 is 6.03 Å². The molecule has 2 aromatic carbocycles. The summed E-state index contributed by atoms with van der Waals surface area (Å²) in [4.78, 5) is 26.2. The fraction of sp³-hybridized carbons (Fsp3) is 0.364. The first-order valence-corrected chi connectivity index (χ1v) is 9.43. The molecule has 0 spiro atoms. The SMILES string of the molecule is COc1ccc([C@@H](NC(=O)Nc2ccc(C(=O)N(C)C)cc2C)C2CC2)cc1. The number of urea groups is 1. The van der Waals surface area contributed by atoms with Gasteiger partial charge < -0.3 is 20.3 Å². The second-order valence-corrected chi connectivity index (χ2v) is 7.42. The second kappa shape index (κ2) is 8.33. The Morgan fingerprint density at radius 1 is 1.11 bits per heavy atom. The largest absolute Gasteiger partial charge is 0.497 e. The minimum Gasteiger partial charge on any atom is -0.497 e. The molecule has 6 heteroatoms. The Hall–Kier alpha value is -3.02. The molecule has 3 rings (SSSR count). The quantitative estimate of drug-likeness (QED) is 0.795. The molecule has 0 aliphatic heterocycles. The lowest BCUT2D eigenvalue weighted by atomic mass is 10.0. The van der Waals surface area contributed by atoms with E-state index in [9.17, 15) is 9.59 Å². The number of benzene rings is 2. The molecule has 0 saturated heterocycles. The van der Waals surface area contributed by atoms with Gasteiger partial charge in [-0.1, -0.05) is 12.1 Å². The van der Waals surface area contributed by atoms with Gasteiger partial charge in [0.25, 0.3) is 5.91 Å². The highest BCUT2D eigenvalue weighted by Gasteiger charge is 2.33. The van der Waals surface area contributed by atoms with Crippen molar-refractivity contribution in [2.75, 3.05) is 26.5 Å². The average molecular weight is 381 g/mol. The lowest BCUT2D eigenvalue weighted by molar-refractivity contribution is 0.0827. The van der Waals surface area contributed by atoms with Crippen molar-refractivity contribution in [1.82, 2.24) is 10.2 Å². The van der Waals surface area contributed by atoms with Crippen molar-refractivity contribution in [3.8, 4) is 5.75 Å². The summed E-state index contributed by atoms with van der Waals surface area (Å²) in [6.45, 7) is 1.88. The first-order valence-electron chi connectivity index (χ1n) is 9.43. The summed E-state index contributed by atoms with van der Waals surface area (Å²) in [5.41, 5.74) is 3.21. The monoisotopic (exact) mass is 381 g/mol. The van der Waals surface area contributed by atoms with Crippen molar-refractivity contribution >= 4 is 17.6 Å². The third-order valence-corrected chi connectivity index (χ3v) is 4.98. The molecule has 0 unspecified atom stereocenters. The number of amides is 3. The maximum absolute atomic E-state index is 12.6. The molecule has 2 N–H and O–H groups in total. The highest BCUT2D eigenvalue weighted by molar-refractivity contribution is 5.96. The standard InChI is InChI=1S/C22H27N3O3/c1-14-13-17(21(26)25(2)3)9-12-19(14)23-22(27)24-20(15-5-6-15)16-7-10-18(28-4)11-8-16/h7-13,15,20H,5-6H2,1-4H3,(H2,23,24,27)/t20-/m0/s1. The fourth-order valence-corrected chi connectivity index (χ4v) is 3.21. The van der Waals surface area contributed by atoms with E-state index < -0.39 is 0 Å². The molecular weight excluding hydrogens is 354 g/mol. The van der Waals surface area contributed by atoms with Crippen LogP contribution in [0.15, 0.2) is 42.5 Å². The van der Waals surface area contributed by atoms with Crippen LogP contribution < -0.4 is 15.4 Å². The molecule has 1 atom stereocenters. The van der Waals surface area contributed by atoms with E-state index in [0.717, 1.165) is 29.7 Å². The number of anilines is 1. The Labute approximate surface area is 165 Å². The number of hydrogen-bond acceptors (Lipinski definition) is 3. The molecule has 1 aliphatic carbocycles. The Morgan fingerprint density at radius 2 is 1.79 bits per heavy atom. The van der Waals surface area contributed by atoms with Gasteiger partial charge in [0.15, 0.2) is 0 Å². The van der Waals surface area contributed by atoms with Crippen LogP contribution in [0.4, 0.5) is 10.5 Å². The summed E-state index contributed by atoms with van der Waals surface area (Å²) in [6.07, 6.45) is 2.22. The number of carbonyl (C=O) groups excluding carboxylic acids is 2. The van der Waals surface area contributed by atoms with Gasteiger partial charge in [-0.2, -0.15) is 0 Å². The van der Waals surface area contributed by atoms with Crippen LogP contribution in [0, 0.1) is 12.8 Å². The average Bonchev–Trinajstić information content (AvgIpc) is 3.52. The van der Waals surface area contributed by atoms with Gasteiger partial charge in [-0.25, -0.2) is 4.79 Å². The minimum atomic E-state index is -0.248. The van der Waals surface area contributed by atoms with Crippen LogP contribution in [-0.4, -0.2) is 38.0 Å². The van der Waals surface area contributed by atoms with Crippen LogP contribution in [0.5, 0.6) is 5.75 Å². The van der Waals surface area contributed by atoms with E-state index in [0.29, 0.717) is 17.2 Å². The van der Waals surface area contributed by atoms with Crippen molar-refractivity contribution in [2.24, 2.45) is 5.92 Å². The zero-order valence-electron chi connectivity index (χ0n) is 16.8. The third-order valence-electron chi connectivity index (χ3n) is 4.98. The second-order valence-electron chi connectivity index (χ2n) is 7.42. The first kappa shape index (κ1) is 19.7. The van der Waals surface area contributed by atoms with E-state index in [1.54, 1.807) is 39.4 Å². The summed E-state index contributed by atoms with van der Waals surface area (Å²) in [5.74, 6) is 1.19. The zero-order chi connectivity index (χ0) is 20.3. The number of aryl methyl sites for hydroxylation is 1. The molecule has 1 aliphatic rings. The van der Waals surface area contributed by atoms with Crippen molar-refractivity contribution in [3.63, 3.8) is 0 Å². The number of ether oxygens (including phenoxy) is 1. The molecule has 28 heavy (non-hydrogen) atoms. The predicted octanol–water partition coefficient (Wildman–Crippen LogP) is 3.98. The molecule has 1 saturated carbocycles. The molecule has 6 nitrogen and oxygen atoms in total. The Balaban J connectivity index is 1.68. The van der Waals surface area contributed by atoms with E-state index >= 15 is 0 Å². The number of carbonyl (C=O) groups is 2. The first-order chi connectivity index (χ1) is 13.4. The smallest absolute Gasteiger partial charge is 0.319 e. The number of methoxy groups -OCH3 is 1. The van der Waals surface area contributed by atoms with Crippen LogP contribution in [0.1, 0.15) is 40.4 Å². The highest BCUT2D eigenvalue weighted by atomic mass is 16.5. The lowest BCUT2D eigenvalue weighted by Gasteiger charge is -2.20. The van der Waals surface area contributed by atoms with E-state index in [4.69, 9.17) is 4.74 Å². The third kappa shape index (κ3) is 4.63. The predicted molar refractivity (Wildman–Crippen MR) is 110 cm³/mol. The molecule has 0 aromatic heterocycles. The summed E-state index contributed by atoms with van der Waals surface area (Å²) in [5, 5.41) is 6.01. The molecule has 148 valence electrons. The van der Waals surface area contributed by atoms with E-state index in [1.807, 2.05) is 31.2 Å². The number of rotatable bonds is 6. The van der Waals surface area contributed by atoms with Crippen molar-refractivity contribution < 1.29 is 14.3 Å². The van der Waals surface area contributed by atoms with Gasteiger partial charge in [-0.3, -0.25) is 4.79 Å². The van der Waals surface area contributed by atoms with Crippen LogP contribution >= 0.6 is 0 Å². The fourth-order valence-electron chi connectivity index (χ4n) is 3.21. The Kier molecular flexibility index (Phi) is 5.87. The van der Waals surface area contributed by atoms with Gasteiger partial charge in [-0.15, -0.1) is 0 Å². The number of nitrogens with zero attached hydrogens (tertiary/aromatic N) is 1. The van der Waals surface area contributed by atoms with Crippen molar-refractivity contribution in [2.45, 2.75) is 25.8 Å². The van der Waals surface area contributed by atoms with Crippen LogP contribution in [0.25, 0.3) is 0 Å². The van der Waals surface area contributed by atoms with Gasteiger partial charge in [0.1, 0.15) is 5.75 Å². The molecule has 0 heterocycles. The van der Waals surface area contributed by atoms with Crippen molar-refractivity contribution in [3.05, 3.63) is 59.2 Å². The van der Waals surface area contributed by atoms with Crippen LogP contribution in [0.2, 0.25) is 0 Å². The Bertz CT molecular complexity index is 858. The molecule has 0 bridgehead atoms. The van der Waals surface area contributed by atoms with E-state index in [1.165, 1.54) is 4.90 Å². The number of nitrogens with one attached hydrogen (secondary N) is 2. The molecule has 3 amide bonds. The lowest BCUT2D eigenvalue weighted by Crippen LogP contribution is -2.34. The van der Waals surface area contributed by atoms with Gasteiger partial charge in [0.2, 0.25) is 0 Å². The van der Waals surface area contributed by atoms with E-state index in [2.05, 4.69) is 10.6 Å². The Morgan fingerprint density at radius 3 is 2.32 bits per heavy atom. The molecule has 2 aromatic rings. The van der Waals surface area contributed by atoms with E-state index in [-0.39, 0.29) is 18.0 Å². The van der Waals surface area contributed by atoms with Gasteiger partial charge in [0, 0.05) is 25.3 Å². The maximum Gasteiger partial charge on any atom is 0.319 e. The van der Waals surface area contributed by atoms with Gasteiger partial charge in [-0.05, 0) is 67.1 Å². The normalized spacial score (nSPS) is 14.1. The minimum absolute atomic E-state index is 0.0270. The summed E-state index contributed by atoms with van der Waals surface area (Å²) >= 11 is 0. The van der Waals surface area contributed by atoms with Gasteiger partial charge in [0.05, 0.1) is 13.2 Å². The topological polar surface area (TPSA) is 70.7 Å². The van der Waals surface area contributed by atoms with Crippen molar-refractivity contribution in [1.29, 1.82) is 0 Å². The number of hydrogen-bond donors (Lipinski definition) is 2. The molecular formula is C22H27N3O3.